The third kappa shape index (κ3) is 1.48. The summed E-state index contributed by atoms with van der Waals surface area (Å²) in [6.07, 6.45) is 1.79. The highest BCUT2D eigenvalue weighted by Gasteiger charge is 2.21. The molecule has 0 saturated heterocycles. The highest BCUT2D eigenvalue weighted by molar-refractivity contribution is 5.85. The van der Waals surface area contributed by atoms with Crippen molar-refractivity contribution in [2.75, 3.05) is 0 Å². The molecule has 15 heavy (non-hydrogen) atoms. The van der Waals surface area contributed by atoms with E-state index in [-0.39, 0.29) is 5.41 Å². The fraction of sp³-hybridized carbons (Fsp3) is 0.333. The maximum Gasteiger partial charge on any atom is 0.0994 e. The molecule has 1 aromatic carbocycles. The van der Waals surface area contributed by atoms with Crippen molar-refractivity contribution >= 4 is 10.9 Å². The van der Waals surface area contributed by atoms with Gasteiger partial charge in [-0.2, -0.15) is 10.4 Å². The first-order chi connectivity index (χ1) is 7.04. The summed E-state index contributed by atoms with van der Waals surface area (Å²) in [4.78, 5) is 0. The van der Waals surface area contributed by atoms with Crippen molar-refractivity contribution in [2.24, 2.45) is 0 Å². The molecule has 76 valence electrons. The number of nitriles is 1. The molecule has 0 amide bonds. The number of hydrogen-bond acceptors (Lipinski definition) is 2. The van der Waals surface area contributed by atoms with Gasteiger partial charge in [0.15, 0.2) is 0 Å². The van der Waals surface area contributed by atoms with Gasteiger partial charge in [0.1, 0.15) is 0 Å². The van der Waals surface area contributed by atoms with Crippen molar-refractivity contribution in [2.45, 2.75) is 26.2 Å². The van der Waals surface area contributed by atoms with Crippen LogP contribution in [0, 0.1) is 11.3 Å². The van der Waals surface area contributed by atoms with Crippen molar-refractivity contribution in [1.82, 2.24) is 10.2 Å². The van der Waals surface area contributed by atoms with E-state index in [0.717, 1.165) is 22.0 Å². The van der Waals surface area contributed by atoms with Gasteiger partial charge >= 0.3 is 0 Å². The smallest absolute Gasteiger partial charge is 0.0994 e. The SMILES string of the molecule is CC(C)(C)c1c(C#N)ccc2[nH]ncc12. The molecule has 1 heterocycles. The van der Waals surface area contributed by atoms with Crippen molar-refractivity contribution in [1.29, 1.82) is 5.26 Å². The van der Waals surface area contributed by atoms with Crippen LogP contribution in [-0.2, 0) is 5.41 Å². The number of rotatable bonds is 0. The Morgan fingerprint density at radius 3 is 2.67 bits per heavy atom. The van der Waals surface area contributed by atoms with Gasteiger partial charge in [0.2, 0.25) is 0 Å². The Morgan fingerprint density at radius 1 is 1.33 bits per heavy atom. The summed E-state index contributed by atoms with van der Waals surface area (Å²) in [5.41, 5.74) is 2.74. The Balaban J connectivity index is 2.88. The summed E-state index contributed by atoms with van der Waals surface area (Å²) in [6, 6.07) is 5.99. The van der Waals surface area contributed by atoms with Crippen LogP contribution in [0.5, 0.6) is 0 Å². The minimum atomic E-state index is -0.0472. The molecule has 0 radical (unpaired) electrons. The highest BCUT2D eigenvalue weighted by atomic mass is 15.1. The summed E-state index contributed by atoms with van der Waals surface area (Å²) in [6.45, 7) is 6.32. The second-order valence-electron chi connectivity index (χ2n) is 4.68. The van der Waals surface area contributed by atoms with Crippen LogP contribution < -0.4 is 0 Å². The first-order valence-corrected chi connectivity index (χ1v) is 4.90. The monoisotopic (exact) mass is 199 g/mol. The molecule has 0 spiro atoms. The lowest BCUT2D eigenvalue weighted by molar-refractivity contribution is 0.594. The molecule has 1 N–H and O–H groups in total. The van der Waals surface area contributed by atoms with Gasteiger partial charge in [0.05, 0.1) is 23.3 Å². The molecule has 0 bridgehead atoms. The Hall–Kier alpha value is -1.82. The number of H-pyrrole nitrogens is 1. The molecule has 0 atom stereocenters. The summed E-state index contributed by atoms with van der Waals surface area (Å²) < 4.78 is 0. The topological polar surface area (TPSA) is 52.5 Å². The lowest BCUT2D eigenvalue weighted by atomic mass is 9.82. The predicted molar refractivity (Wildman–Crippen MR) is 59.5 cm³/mol. The molecule has 2 aromatic rings. The lowest BCUT2D eigenvalue weighted by Gasteiger charge is -2.21. The van der Waals surface area contributed by atoms with Crippen molar-refractivity contribution in [3.63, 3.8) is 0 Å². The zero-order valence-electron chi connectivity index (χ0n) is 9.13. The second-order valence-corrected chi connectivity index (χ2v) is 4.68. The van der Waals surface area contributed by atoms with Crippen LogP contribution in [0.4, 0.5) is 0 Å². The van der Waals surface area contributed by atoms with Gasteiger partial charge in [0, 0.05) is 5.39 Å². The number of nitrogens with zero attached hydrogens (tertiary/aromatic N) is 2. The van der Waals surface area contributed by atoms with E-state index in [1.807, 2.05) is 12.1 Å². The minimum Gasteiger partial charge on any atom is -0.278 e. The van der Waals surface area contributed by atoms with Crippen LogP contribution in [0.3, 0.4) is 0 Å². The van der Waals surface area contributed by atoms with Crippen LogP contribution >= 0.6 is 0 Å². The van der Waals surface area contributed by atoms with E-state index in [1.54, 1.807) is 6.20 Å². The summed E-state index contributed by atoms with van der Waals surface area (Å²) in [5, 5.41) is 17.1. The first kappa shape index (κ1) is 9.72. The zero-order valence-corrected chi connectivity index (χ0v) is 9.13. The number of nitrogens with one attached hydrogen (secondary N) is 1. The van der Waals surface area contributed by atoms with E-state index in [2.05, 4.69) is 37.0 Å². The molecule has 0 aliphatic carbocycles. The number of aromatic nitrogens is 2. The van der Waals surface area contributed by atoms with Gasteiger partial charge in [-0.1, -0.05) is 20.8 Å². The average molecular weight is 199 g/mol. The molecule has 0 fully saturated rings. The van der Waals surface area contributed by atoms with Crippen molar-refractivity contribution < 1.29 is 0 Å². The van der Waals surface area contributed by atoms with E-state index in [4.69, 9.17) is 5.26 Å². The number of fused-ring (bicyclic) bond motifs is 1. The fourth-order valence-corrected chi connectivity index (χ4v) is 1.92. The van der Waals surface area contributed by atoms with E-state index in [0.29, 0.717) is 0 Å². The molecular weight excluding hydrogens is 186 g/mol. The number of benzene rings is 1. The molecule has 3 heteroatoms. The molecule has 0 aliphatic rings. The third-order valence-electron chi connectivity index (χ3n) is 2.49. The lowest BCUT2D eigenvalue weighted by Crippen LogP contribution is -2.13. The number of aromatic amines is 1. The van der Waals surface area contributed by atoms with E-state index < -0.39 is 0 Å². The standard InChI is InChI=1S/C12H13N3/c1-12(2,3)11-8(6-13)4-5-10-9(11)7-14-15-10/h4-5,7H,1-3H3,(H,14,15). The van der Waals surface area contributed by atoms with Crippen LogP contribution in [0.15, 0.2) is 18.3 Å². The minimum absolute atomic E-state index is 0.0472. The van der Waals surface area contributed by atoms with Gasteiger partial charge < -0.3 is 0 Å². The fourth-order valence-electron chi connectivity index (χ4n) is 1.92. The van der Waals surface area contributed by atoms with Gasteiger partial charge in [-0.3, -0.25) is 5.10 Å². The molecule has 2 rings (SSSR count). The maximum atomic E-state index is 9.10. The van der Waals surface area contributed by atoms with Crippen LogP contribution in [0.2, 0.25) is 0 Å². The van der Waals surface area contributed by atoms with Gasteiger partial charge in [-0.05, 0) is 23.1 Å². The quantitative estimate of drug-likeness (QED) is 0.709. The molecule has 3 nitrogen and oxygen atoms in total. The highest BCUT2D eigenvalue weighted by Crippen LogP contribution is 2.31. The normalized spacial score (nSPS) is 11.6. The van der Waals surface area contributed by atoms with Crippen molar-refractivity contribution in [3.05, 3.63) is 29.5 Å². The Morgan fingerprint density at radius 2 is 2.07 bits per heavy atom. The van der Waals surface area contributed by atoms with E-state index >= 15 is 0 Å². The Kier molecular flexibility index (Phi) is 2.01. The first-order valence-electron chi connectivity index (χ1n) is 4.90. The van der Waals surface area contributed by atoms with E-state index in [1.165, 1.54) is 0 Å². The Bertz CT molecular complexity index is 538. The van der Waals surface area contributed by atoms with Crippen LogP contribution in [0.25, 0.3) is 10.9 Å². The molecule has 0 aliphatic heterocycles. The van der Waals surface area contributed by atoms with E-state index in [9.17, 15) is 0 Å². The third-order valence-corrected chi connectivity index (χ3v) is 2.49. The average Bonchev–Trinajstić information content (AvgIpc) is 2.61. The maximum absolute atomic E-state index is 9.10. The second kappa shape index (κ2) is 3.09. The van der Waals surface area contributed by atoms with Gasteiger partial charge in [-0.15, -0.1) is 0 Å². The van der Waals surface area contributed by atoms with Crippen LogP contribution in [-0.4, -0.2) is 10.2 Å². The summed E-state index contributed by atoms with van der Waals surface area (Å²) in [7, 11) is 0. The zero-order chi connectivity index (χ0) is 11.1. The molecular formula is C12H13N3. The molecule has 1 aromatic heterocycles. The predicted octanol–water partition coefficient (Wildman–Crippen LogP) is 2.73. The van der Waals surface area contributed by atoms with Crippen molar-refractivity contribution in [3.8, 4) is 6.07 Å². The molecule has 0 saturated carbocycles. The summed E-state index contributed by atoms with van der Waals surface area (Å²) in [5.74, 6) is 0. The van der Waals surface area contributed by atoms with Gasteiger partial charge in [-0.25, -0.2) is 0 Å². The Labute approximate surface area is 88.7 Å². The molecule has 0 unspecified atom stereocenters. The summed E-state index contributed by atoms with van der Waals surface area (Å²) >= 11 is 0. The largest absolute Gasteiger partial charge is 0.278 e. The van der Waals surface area contributed by atoms with Crippen LogP contribution in [0.1, 0.15) is 31.9 Å². The number of hydrogen-bond donors (Lipinski definition) is 1. The van der Waals surface area contributed by atoms with Gasteiger partial charge in [0.25, 0.3) is 0 Å².